The number of aryl methyl sites for hydroxylation is 1. The zero-order valence-corrected chi connectivity index (χ0v) is 12.7. The smallest absolute Gasteiger partial charge is 0.277 e. The second-order valence-electron chi connectivity index (χ2n) is 4.54. The summed E-state index contributed by atoms with van der Waals surface area (Å²) in [6.07, 6.45) is 3.13. The molecule has 9 heteroatoms. The Balaban J connectivity index is 1.44. The van der Waals surface area contributed by atoms with Gasteiger partial charge in [0, 0.05) is 0 Å². The monoisotopic (exact) mass is 330 g/mol. The highest BCUT2D eigenvalue weighted by molar-refractivity contribution is 7.98. The number of thioether (sulfide) groups is 1. The molecule has 4 rings (SSSR count). The van der Waals surface area contributed by atoms with Crippen molar-refractivity contribution in [3.8, 4) is 23.0 Å². The third kappa shape index (κ3) is 2.78. The van der Waals surface area contributed by atoms with Gasteiger partial charge >= 0.3 is 0 Å². The van der Waals surface area contributed by atoms with Gasteiger partial charge in [-0.15, -0.1) is 10.2 Å². The lowest BCUT2D eigenvalue weighted by Gasteiger charge is -1.91. The van der Waals surface area contributed by atoms with Gasteiger partial charge in [-0.1, -0.05) is 16.9 Å². The first kappa shape index (κ1) is 13.8. The van der Waals surface area contributed by atoms with Crippen LogP contribution in [0.25, 0.3) is 23.0 Å². The standard InChI is InChI=1S/C14H10N4O4S/c1-8-9(4-6-19-8)13-16-17-14(21-13)23-7-11-15-12(18-22-11)10-3-2-5-20-10/h2-6H,7H2,1H3. The van der Waals surface area contributed by atoms with Crippen molar-refractivity contribution in [3.05, 3.63) is 42.4 Å². The number of aromatic nitrogens is 4. The van der Waals surface area contributed by atoms with E-state index in [1.54, 1.807) is 30.7 Å². The number of nitrogens with zero attached hydrogens (tertiary/aromatic N) is 4. The van der Waals surface area contributed by atoms with Gasteiger partial charge in [0.05, 0.1) is 23.8 Å². The predicted octanol–water partition coefficient (Wildman–Crippen LogP) is 3.57. The molecule has 0 fully saturated rings. The molecule has 4 aromatic heterocycles. The van der Waals surface area contributed by atoms with Crippen LogP contribution in [0.3, 0.4) is 0 Å². The summed E-state index contributed by atoms with van der Waals surface area (Å²) in [6.45, 7) is 1.83. The van der Waals surface area contributed by atoms with Crippen LogP contribution in [-0.4, -0.2) is 20.3 Å². The molecule has 0 aliphatic heterocycles. The maximum Gasteiger partial charge on any atom is 0.277 e. The highest BCUT2D eigenvalue weighted by Crippen LogP contribution is 2.28. The van der Waals surface area contributed by atoms with Crippen LogP contribution in [0.2, 0.25) is 0 Å². The summed E-state index contributed by atoms with van der Waals surface area (Å²) in [5.41, 5.74) is 0.780. The Hall–Kier alpha value is -2.81. The van der Waals surface area contributed by atoms with Gasteiger partial charge in [0.25, 0.3) is 11.1 Å². The third-order valence-corrected chi connectivity index (χ3v) is 3.83. The van der Waals surface area contributed by atoms with Gasteiger partial charge in [-0.05, 0) is 25.1 Å². The number of rotatable bonds is 5. The second kappa shape index (κ2) is 5.76. The Bertz CT molecular complexity index is 909. The topological polar surface area (TPSA) is 104 Å². The molecule has 0 aromatic carbocycles. The van der Waals surface area contributed by atoms with E-state index in [9.17, 15) is 0 Å². The van der Waals surface area contributed by atoms with Crippen LogP contribution in [0, 0.1) is 6.92 Å². The number of furan rings is 2. The maximum absolute atomic E-state index is 5.58. The summed E-state index contributed by atoms with van der Waals surface area (Å²) in [6, 6.07) is 5.31. The minimum absolute atomic E-state index is 0.408. The van der Waals surface area contributed by atoms with E-state index in [1.807, 2.05) is 6.92 Å². The molecule has 0 saturated heterocycles. The van der Waals surface area contributed by atoms with Gasteiger partial charge in [0.15, 0.2) is 5.76 Å². The maximum atomic E-state index is 5.58. The van der Waals surface area contributed by atoms with Gasteiger partial charge in [0.2, 0.25) is 11.7 Å². The number of hydrogen-bond acceptors (Lipinski definition) is 9. The van der Waals surface area contributed by atoms with Crippen molar-refractivity contribution in [2.45, 2.75) is 17.9 Å². The van der Waals surface area contributed by atoms with E-state index in [2.05, 4.69) is 20.3 Å². The molecule has 0 radical (unpaired) electrons. The van der Waals surface area contributed by atoms with Crippen molar-refractivity contribution in [1.82, 2.24) is 20.3 Å². The highest BCUT2D eigenvalue weighted by atomic mass is 32.2. The van der Waals surface area contributed by atoms with E-state index >= 15 is 0 Å². The van der Waals surface area contributed by atoms with E-state index in [0.29, 0.717) is 34.3 Å². The zero-order chi connectivity index (χ0) is 15.6. The van der Waals surface area contributed by atoms with Crippen molar-refractivity contribution in [2.75, 3.05) is 0 Å². The zero-order valence-electron chi connectivity index (χ0n) is 11.9. The average molecular weight is 330 g/mol. The van der Waals surface area contributed by atoms with Gasteiger partial charge in [-0.3, -0.25) is 0 Å². The van der Waals surface area contributed by atoms with Crippen LogP contribution in [0.5, 0.6) is 0 Å². The molecule has 23 heavy (non-hydrogen) atoms. The average Bonchev–Trinajstić information content (AvgIpc) is 3.32. The van der Waals surface area contributed by atoms with Crippen LogP contribution in [0.4, 0.5) is 0 Å². The molecule has 0 spiro atoms. The second-order valence-corrected chi connectivity index (χ2v) is 5.47. The van der Waals surface area contributed by atoms with Crippen molar-refractivity contribution in [2.24, 2.45) is 0 Å². The Labute approximate surface area is 133 Å². The fraction of sp³-hybridized carbons (Fsp3) is 0.143. The van der Waals surface area contributed by atoms with Crippen LogP contribution in [0.15, 0.2) is 53.7 Å². The molecule has 0 saturated carbocycles. The van der Waals surface area contributed by atoms with Crippen molar-refractivity contribution in [3.63, 3.8) is 0 Å². The first-order valence-corrected chi connectivity index (χ1v) is 7.65. The number of hydrogen-bond donors (Lipinski definition) is 0. The SMILES string of the molecule is Cc1occc1-c1nnc(SCc2nc(-c3ccco3)no2)o1. The molecule has 0 bridgehead atoms. The lowest BCUT2D eigenvalue weighted by molar-refractivity contribution is 0.389. The molecule has 116 valence electrons. The Morgan fingerprint density at radius 1 is 1.13 bits per heavy atom. The quantitative estimate of drug-likeness (QED) is 0.508. The predicted molar refractivity (Wildman–Crippen MR) is 78.3 cm³/mol. The summed E-state index contributed by atoms with van der Waals surface area (Å²) in [5, 5.41) is 12.3. The first-order valence-electron chi connectivity index (χ1n) is 6.67. The summed E-state index contributed by atoms with van der Waals surface area (Å²) in [7, 11) is 0. The van der Waals surface area contributed by atoms with Gasteiger partial charge in [0.1, 0.15) is 5.76 Å². The molecule has 0 unspecified atom stereocenters. The van der Waals surface area contributed by atoms with Crippen molar-refractivity contribution in [1.29, 1.82) is 0 Å². The van der Waals surface area contributed by atoms with E-state index in [-0.39, 0.29) is 0 Å². The minimum Gasteiger partial charge on any atom is -0.469 e. The third-order valence-electron chi connectivity index (χ3n) is 3.02. The van der Waals surface area contributed by atoms with E-state index in [1.165, 1.54) is 11.8 Å². The minimum atomic E-state index is 0.408. The van der Waals surface area contributed by atoms with Crippen molar-refractivity contribution >= 4 is 11.8 Å². The fourth-order valence-electron chi connectivity index (χ4n) is 1.93. The lowest BCUT2D eigenvalue weighted by Crippen LogP contribution is -1.81. The molecular formula is C14H10N4O4S. The first-order chi connectivity index (χ1) is 11.3. The highest BCUT2D eigenvalue weighted by Gasteiger charge is 2.15. The molecule has 8 nitrogen and oxygen atoms in total. The molecule has 0 amide bonds. The van der Waals surface area contributed by atoms with E-state index < -0.39 is 0 Å². The Morgan fingerprint density at radius 2 is 2.09 bits per heavy atom. The van der Waals surface area contributed by atoms with Gasteiger partial charge in [-0.2, -0.15) is 4.98 Å². The summed E-state index contributed by atoms with van der Waals surface area (Å²) in [5.74, 6) is 2.97. The molecule has 0 N–H and O–H groups in total. The van der Waals surface area contributed by atoms with E-state index in [4.69, 9.17) is 17.8 Å². The van der Waals surface area contributed by atoms with Crippen LogP contribution < -0.4 is 0 Å². The molecule has 4 heterocycles. The molecule has 0 atom stereocenters. The molecule has 0 aliphatic rings. The van der Waals surface area contributed by atoms with Crippen molar-refractivity contribution < 1.29 is 17.8 Å². The van der Waals surface area contributed by atoms with Gasteiger partial charge in [-0.25, -0.2) is 0 Å². The molecular weight excluding hydrogens is 320 g/mol. The van der Waals surface area contributed by atoms with Crippen LogP contribution in [0.1, 0.15) is 11.7 Å². The van der Waals surface area contributed by atoms with Crippen LogP contribution in [-0.2, 0) is 5.75 Å². The Morgan fingerprint density at radius 3 is 2.87 bits per heavy atom. The normalized spacial score (nSPS) is 11.2. The molecule has 0 aliphatic carbocycles. The van der Waals surface area contributed by atoms with E-state index in [0.717, 1.165) is 11.3 Å². The summed E-state index contributed by atoms with van der Waals surface area (Å²) in [4.78, 5) is 4.24. The molecule has 4 aromatic rings. The Kier molecular flexibility index (Phi) is 3.46. The fourth-order valence-corrected chi connectivity index (χ4v) is 2.53. The largest absolute Gasteiger partial charge is 0.469 e. The summed E-state index contributed by atoms with van der Waals surface area (Å²) >= 11 is 1.31. The summed E-state index contributed by atoms with van der Waals surface area (Å²) < 4.78 is 21.2. The van der Waals surface area contributed by atoms with Gasteiger partial charge < -0.3 is 17.8 Å². The lowest BCUT2D eigenvalue weighted by atomic mass is 10.3. The van der Waals surface area contributed by atoms with Crippen LogP contribution >= 0.6 is 11.8 Å².